The minimum Gasteiger partial charge on any atom is -0.394 e. The Balaban J connectivity index is 2.06. The highest BCUT2D eigenvalue weighted by Gasteiger charge is 2.48. The molecule has 0 aromatic rings. The van der Waals surface area contributed by atoms with Crippen LogP contribution in [0.25, 0.3) is 0 Å². The topological polar surface area (TPSA) is 169 Å². The van der Waals surface area contributed by atoms with Crippen molar-refractivity contribution in [1.82, 2.24) is 0 Å². The highest BCUT2D eigenvalue weighted by molar-refractivity contribution is 4.91. The van der Waals surface area contributed by atoms with E-state index >= 15 is 0 Å². The SMILES string of the molecule is OCC1O[C@@H](OC2C(O)[C@H](O)OC[C@H]2O)C(O)C(O)[C@H]1O. The number of hydrogen-bond acceptors (Lipinski definition) is 10. The summed E-state index contributed by atoms with van der Waals surface area (Å²) in [5.74, 6) is 0. The van der Waals surface area contributed by atoms with E-state index in [4.69, 9.17) is 14.6 Å². The average molecular weight is 312 g/mol. The summed E-state index contributed by atoms with van der Waals surface area (Å²) in [6.07, 6.45) is -13.3. The lowest BCUT2D eigenvalue weighted by atomic mass is 9.98. The molecule has 2 aliphatic rings. The minimum absolute atomic E-state index is 0.305. The molecule has 0 saturated carbocycles. The van der Waals surface area contributed by atoms with Crippen LogP contribution in [0.15, 0.2) is 0 Å². The van der Waals surface area contributed by atoms with Gasteiger partial charge in [-0.2, -0.15) is 0 Å². The summed E-state index contributed by atoms with van der Waals surface area (Å²) in [6.45, 7) is -0.938. The molecule has 0 aromatic heterocycles. The van der Waals surface area contributed by atoms with Crippen molar-refractivity contribution in [3.05, 3.63) is 0 Å². The molecule has 0 spiro atoms. The van der Waals surface area contributed by atoms with Gasteiger partial charge in [0.2, 0.25) is 0 Å². The van der Waals surface area contributed by atoms with Gasteiger partial charge in [-0.25, -0.2) is 0 Å². The predicted molar refractivity (Wildman–Crippen MR) is 62.6 cm³/mol. The third-order valence-corrected chi connectivity index (χ3v) is 3.59. The van der Waals surface area contributed by atoms with Crippen molar-refractivity contribution in [2.24, 2.45) is 0 Å². The Bertz CT molecular complexity index is 339. The maximum absolute atomic E-state index is 9.79. The number of rotatable bonds is 3. The molecular formula is C11H20O10. The van der Waals surface area contributed by atoms with E-state index in [0.717, 1.165) is 0 Å². The van der Waals surface area contributed by atoms with Gasteiger partial charge in [-0.1, -0.05) is 0 Å². The Hall–Kier alpha value is -0.400. The Morgan fingerprint density at radius 3 is 2.19 bits per heavy atom. The molecule has 0 amide bonds. The van der Waals surface area contributed by atoms with Crippen LogP contribution in [0.5, 0.6) is 0 Å². The highest BCUT2D eigenvalue weighted by atomic mass is 16.7. The van der Waals surface area contributed by atoms with E-state index in [1.165, 1.54) is 0 Å². The molecular weight excluding hydrogens is 292 g/mol. The van der Waals surface area contributed by atoms with E-state index in [-0.39, 0.29) is 6.61 Å². The summed E-state index contributed by atoms with van der Waals surface area (Å²) in [7, 11) is 0. The van der Waals surface area contributed by atoms with E-state index in [9.17, 15) is 30.6 Å². The van der Waals surface area contributed by atoms with E-state index in [1.807, 2.05) is 0 Å². The van der Waals surface area contributed by atoms with Gasteiger partial charge >= 0.3 is 0 Å². The van der Waals surface area contributed by atoms with Crippen molar-refractivity contribution in [3.63, 3.8) is 0 Å². The summed E-state index contributed by atoms with van der Waals surface area (Å²) in [6, 6.07) is 0. The molecule has 0 aromatic carbocycles. The van der Waals surface area contributed by atoms with Gasteiger partial charge in [0, 0.05) is 0 Å². The first-order chi connectivity index (χ1) is 9.86. The van der Waals surface area contributed by atoms with E-state index in [0.29, 0.717) is 0 Å². The molecule has 5 unspecified atom stereocenters. The van der Waals surface area contributed by atoms with Crippen molar-refractivity contribution in [2.75, 3.05) is 13.2 Å². The lowest BCUT2D eigenvalue weighted by Crippen LogP contribution is -2.62. The van der Waals surface area contributed by atoms with Gasteiger partial charge in [0.1, 0.15) is 42.7 Å². The van der Waals surface area contributed by atoms with Crippen molar-refractivity contribution in [2.45, 2.75) is 55.3 Å². The zero-order valence-corrected chi connectivity index (χ0v) is 11.0. The monoisotopic (exact) mass is 312 g/mol. The predicted octanol–water partition coefficient (Wildman–Crippen LogP) is -4.76. The van der Waals surface area contributed by atoms with Crippen LogP contribution in [0.4, 0.5) is 0 Å². The van der Waals surface area contributed by atoms with E-state index in [2.05, 4.69) is 4.74 Å². The van der Waals surface area contributed by atoms with Crippen LogP contribution in [0, 0.1) is 0 Å². The van der Waals surface area contributed by atoms with Gasteiger partial charge in [-0.05, 0) is 0 Å². The first-order valence-electron chi connectivity index (χ1n) is 6.48. The highest BCUT2D eigenvalue weighted by Crippen LogP contribution is 2.26. The fourth-order valence-corrected chi connectivity index (χ4v) is 2.29. The van der Waals surface area contributed by atoms with Crippen LogP contribution in [0.3, 0.4) is 0 Å². The number of hydrogen-bond donors (Lipinski definition) is 7. The largest absolute Gasteiger partial charge is 0.394 e. The summed E-state index contributed by atoms with van der Waals surface area (Å²) >= 11 is 0. The smallest absolute Gasteiger partial charge is 0.187 e. The van der Waals surface area contributed by atoms with Crippen LogP contribution >= 0.6 is 0 Å². The quantitative estimate of drug-likeness (QED) is 0.268. The number of aliphatic hydroxyl groups excluding tert-OH is 7. The van der Waals surface area contributed by atoms with Gasteiger partial charge in [-0.3, -0.25) is 0 Å². The zero-order valence-electron chi connectivity index (χ0n) is 11.0. The van der Waals surface area contributed by atoms with Crippen LogP contribution in [0.2, 0.25) is 0 Å². The lowest BCUT2D eigenvalue weighted by molar-refractivity contribution is -0.345. The zero-order chi connectivity index (χ0) is 15.7. The number of aliphatic hydroxyl groups is 7. The maximum Gasteiger partial charge on any atom is 0.187 e. The van der Waals surface area contributed by atoms with Crippen molar-refractivity contribution >= 4 is 0 Å². The second-order valence-corrected chi connectivity index (χ2v) is 5.08. The molecule has 124 valence electrons. The van der Waals surface area contributed by atoms with E-state index in [1.54, 1.807) is 0 Å². The van der Waals surface area contributed by atoms with Crippen molar-refractivity contribution < 1.29 is 50.0 Å². The Morgan fingerprint density at radius 2 is 1.57 bits per heavy atom. The Morgan fingerprint density at radius 1 is 0.905 bits per heavy atom. The Labute approximate surface area is 119 Å². The van der Waals surface area contributed by atoms with Crippen LogP contribution in [-0.4, -0.2) is 104 Å². The molecule has 10 nitrogen and oxygen atoms in total. The Kier molecular flexibility index (Phi) is 5.48. The summed E-state index contributed by atoms with van der Waals surface area (Å²) < 4.78 is 15.0. The molecule has 2 rings (SSSR count). The van der Waals surface area contributed by atoms with Crippen molar-refractivity contribution in [3.8, 4) is 0 Å². The molecule has 2 heterocycles. The van der Waals surface area contributed by atoms with Gasteiger partial charge < -0.3 is 50.0 Å². The second kappa shape index (κ2) is 6.79. The average Bonchev–Trinajstić information content (AvgIpc) is 2.47. The molecule has 0 radical (unpaired) electrons. The van der Waals surface area contributed by atoms with E-state index < -0.39 is 61.9 Å². The molecule has 9 atom stereocenters. The first kappa shape index (κ1) is 17.0. The van der Waals surface area contributed by atoms with Gasteiger partial charge in [0.15, 0.2) is 12.6 Å². The van der Waals surface area contributed by atoms with Gasteiger partial charge in [-0.15, -0.1) is 0 Å². The third-order valence-electron chi connectivity index (χ3n) is 3.59. The summed E-state index contributed by atoms with van der Waals surface area (Å²) in [4.78, 5) is 0. The number of ether oxygens (including phenoxy) is 3. The molecule has 0 aliphatic carbocycles. The molecule has 7 N–H and O–H groups in total. The minimum atomic E-state index is -1.66. The van der Waals surface area contributed by atoms with Crippen LogP contribution < -0.4 is 0 Å². The molecule has 21 heavy (non-hydrogen) atoms. The van der Waals surface area contributed by atoms with Gasteiger partial charge in [0.25, 0.3) is 0 Å². The molecule has 10 heteroatoms. The van der Waals surface area contributed by atoms with Crippen LogP contribution in [0.1, 0.15) is 0 Å². The summed E-state index contributed by atoms with van der Waals surface area (Å²) in [5, 5.41) is 66.8. The molecule has 2 fully saturated rings. The molecule has 2 aliphatic heterocycles. The lowest BCUT2D eigenvalue weighted by Gasteiger charge is -2.43. The molecule has 2 saturated heterocycles. The summed E-state index contributed by atoms with van der Waals surface area (Å²) in [5.41, 5.74) is 0. The fourth-order valence-electron chi connectivity index (χ4n) is 2.29. The fraction of sp³-hybridized carbons (Fsp3) is 1.00. The standard InChI is InChI=1S/C11H20O10/c12-1-4-5(14)6(15)7(16)11(20-4)21-9-3(13)2-19-10(18)8(9)17/h3-18H,1-2H2/t3-,4?,5+,6?,7?,8?,9?,10-,11+/m1/s1. The molecule has 0 bridgehead atoms. The van der Waals surface area contributed by atoms with Crippen LogP contribution in [-0.2, 0) is 14.2 Å². The third kappa shape index (κ3) is 3.35. The maximum atomic E-state index is 9.79. The first-order valence-corrected chi connectivity index (χ1v) is 6.48. The van der Waals surface area contributed by atoms with Crippen molar-refractivity contribution in [1.29, 1.82) is 0 Å². The normalized spacial score (nSPS) is 51.9. The second-order valence-electron chi connectivity index (χ2n) is 5.08. The van der Waals surface area contributed by atoms with Gasteiger partial charge in [0.05, 0.1) is 13.2 Å².